The molecular weight excluding hydrogens is 376 g/mol. The molecule has 0 heterocycles. The number of ether oxygens (including phenoxy) is 3. The van der Waals surface area contributed by atoms with Gasteiger partial charge in [0.25, 0.3) is 5.91 Å². The summed E-state index contributed by atoms with van der Waals surface area (Å²) in [5, 5.41) is 5.25. The Labute approximate surface area is 169 Å². The predicted octanol–water partition coefficient (Wildman–Crippen LogP) is 2.23. The van der Waals surface area contributed by atoms with Gasteiger partial charge in [-0.15, -0.1) is 0 Å². The summed E-state index contributed by atoms with van der Waals surface area (Å²) in [6.07, 6.45) is 0. The molecule has 154 valence electrons. The van der Waals surface area contributed by atoms with Crippen molar-refractivity contribution in [3.63, 3.8) is 0 Å². The van der Waals surface area contributed by atoms with Gasteiger partial charge in [0, 0.05) is 5.69 Å². The van der Waals surface area contributed by atoms with Crippen LogP contribution in [0.5, 0.6) is 11.5 Å². The van der Waals surface area contributed by atoms with E-state index in [1.54, 1.807) is 6.07 Å². The summed E-state index contributed by atoms with van der Waals surface area (Å²) in [6.45, 7) is 3.37. The van der Waals surface area contributed by atoms with Gasteiger partial charge in [0.2, 0.25) is 5.91 Å². The highest BCUT2D eigenvalue weighted by Gasteiger charge is 2.13. The Hall–Kier alpha value is -3.55. The van der Waals surface area contributed by atoms with E-state index >= 15 is 0 Å². The third-order valence-electron chi connectivity index (χ3n) is 4.27. The maximum Gasteiger partial charge on any atom is 0.337 e. The number of nitrogens with one attached hydrogen (secondary N) is 2. The summed E-state index contributed by atoms with van der Waals surface area (Å²) in [6, 6.07) is 10.1. The number of carbonyl (C=O) groups excluding carboxylic acids is 3. The second-order valence-corrected chi connectivity index (χ2v) is 6.22. The van der Waals surface area contributed by atoms with Crippen LogP contribution in [-0.4, -0.2) is 45.2 Å². The summed E-state index contributed by atoms with van der Waals surface area (Å²) < 4.78 is 15.2. The second-order valence-electron chi connectivity index (χ2n) is 6.22. The van der Waals surface area contributed by atoms with Gasteiger partial charge in [-0.1, -0.05) is 12.1 Å². The molecule has 2 amide bonds. The van der Waals surface area contributed by atoms with Crippen molar-refractivity contribution in [3.8, 4) is 11.5 Å². The van der Waals surface area contributed by atoms with Crippen molar-refractivity contribution in [1.29, 1.82) is 0 Å². The van der Waals surface area contributed by atoms with Crippen LogP contribution in [0.3, 0.4) is 0 Å². The van der Waals surface area contributed by atoms with Crippen LogP contribution in [0.2, 0.25) is 0 Å². The lowest BCUT2D eigenvalue weighted by atomic mass is 10.1. The van der Waals surface area contributed by atoms with Crippen molar-refractivity contribution in [1.82, 2.24) is 5.32 Å². The first-order valence-corrected chi connectivity index (χ1v) is 8.87. The van der Waals surface area contributed by atoms with Gasteiger partial charge >= 0.3 is 5.97 Å². The fourth-order valence-electron chi connectivity index (χ4n) is 2.49. The van der Waals surface area contributed by atoms with Crippen LogP contribution in [0.1, 0.15) is 21.5 Å². The van der Waals surface area contributed by atoms with Gasteiger partial charge in [0.05, 0.1) is 26.3 Å². The third-order valence-corrected chi connectivity index (χ3v) is 4.27. The molecule has 0 atom stereocenters. The minimum atomic E-state index is -0.512. The summed E-state index contributed by atoms with van der Waals surface area (Å²) in [5.74, 6) is -0.752. The number of esters is 1. The van der Waals surface area contributed by atoms with E-state index in [0.717, 1.165) is 11.1 Å². The van der Waals surface area contributed by atoms with Gasteiger partial charge in [0.15, 0.2) is 18.1 Å². The average molecular weight is 400 g/mol. The number of rotatable bonds is 8. The average Bonchev–Trinajstić information content (AvgIpc) is 2.73. The van der Waals surface area contributed by atoms with Gasteiger partial charge in [0.1, 0.15) is 0 Å². The minimum absolute atomic E-state index is 0.187. The molecule has 0 radical (unpaired) electrons. The van der Waals surface area contributed by atoms with Gasteiger partial charge < -0.3 is 24.8 Å². The molecule has 0 spiro atoms. The molecule has 29 heavy (non-hydrogen) atoms. The maximum absolute atomic E-state index is 12.1. The number of hydrogen-bond acceptors (Lipinski definition) is 6. The Kier molecular flexibility index (Phi) is 7.59. The normalized spacial score (nSPS) is 10.1. The van der Waals surface area contributed by atoms with E-state index in [0.29, 0.717) is 11.3 Å². The Bertz CT molecular complexity index is 910. The largest absolute Gasteiger partial charge is 0.493 e. The van der Waals surface area contributed by atoms with Crippen molar-refractivity contribution < 1.29 is 28.6 Å². The van der Waals surface area contributed by atoms with Crippen LogP contribution in [-0.2, 0) is 14.3 Å². The molecule has 0 unspecified atom stereocenters. The van der Waals surface area contributed by atoms with E-state index in [9.17, 15) is 14.4 Å². The van der Waals surface area contributed by atoms with Crippen LogP contribution in [0.4, 0.5) is 5.69 Å². The topological polar surface area (TPSA) is 103 Å². The zero-order chi connectivity index (χ0) is 21.4. The molecule has 2 aromatic rings. The Morgan fingerprint density at radius 1 is 0.966 bits per heavy atom. The van der Waals surface area contributed by atoms with Gasteiger partial charge in [-0.05, 0) is 49.2 Å². The van der Waals surface area contributed by atoms with Crippen LogP contribution < -0.4 is 20.1 Å². The Morgan fingerprint density at radius 2 is 1.72 bits per heavy atom. The molecule has 8 heteroatoms. The molecule has 2 N–H and O–H groups in total. The smallest absolute Gasteiger partial charge is 0.337 e. The highest BCUT2D eigenvalue weighted by molar-refractivity contribution is 5.95. The Balaban J connectivity index is 1.86. The van der Waals surface area contributed by atoms with Crippen LogP contribution >= 0.6 is 0 Å². The first kappa shape index (κ1) is 21.7. The predicted molar refractivity (Wildman–Crippen MR) is 107 cm³/mol. The van der Waals surface area contributed by atoms with Crippen LogP contribution in [0.25, 0.3) is 0 Å². The molecule has 0 saturated carbocycles. The lowest BCUT2D eigenvalue weighted by Gasteiger charge is -2.12. The van der Waals surface area contributed by atoms with Gasteiger partial charge in [-0.25, -0.2) is 4.79 Å². The number of hydrogen-bond donors (Lipinski definition) is 2. The fraction of sp³-hybridized carbons (Fsp3) is 0.286. The molecule has 0 aliphatic carbocycles. The third kappa shape index (κ3) is 5.97. The molecule has 0 fully saturated rings. The monoisotopic (exact) mass is 400 g/mol. The summed E-state index contributed by atoms with van der Waals surface area (Å²) in [5.41, 5.74) is 3.03. The van der Waals surface area contributed by atoms with Crippen molar-refractivity contribution >= 4 is 23.5 Å². The van der Waals surface area contributed by atoms with Crippen molar-refractivity contribution in [3.05, 3.63) is 53.1 Å². The quantitative estimate of drug-likeness (QED) is 0.659. The summed E-state index contributed by atoms with van der Waals surface area (Å²) in [4.78, 5) is 35.6. The van der Waals surface area contributed by atoms with E-state index in [-0.39, 0.29) is 30.6 Å². The van der Waals surface area contributed by atoms with E-state index in [4.69, 9.17) is 9.47 Å². The first-order chi connectivity index (χ1) is 13.8. The zero-order valence-corrected chi connectivity index (χ0v) is 16.8. The maximum atomic E-state index is 12.1. The molecule has 2 rings (SSSR count). The van der Waals surface area contributed by atoms with Crippen LogP contribution in [0, 0.1) is 13.8 Å². The zero-order valence-electron chi connectivity index (χ0n) is 16.8. The van der Waals surface area contributed by atoms with E-state index in [1.807, 2.05) is 26.0 Å². The van der Waals surface area contributed by atoms with Crippen molar-refractivity contribution in [2.45, 2.75) is 13.8 Å². The number of amides is 2. The highest BCUT2D eigenvalue weighted by atomic mass is 16.5. The summed E-state index contributed by atoms with van der Waals surface area (Å²) in [7, 11) is 2.70. The number of methoxy groups -OCH3 is 2. The molecule has 0 saturated heterocycles. The molecule has 0 aliphatic heterocycles. The lowest BCUT2D eigenvalue weighted by molar-refractivity contribution is -0.125. The molecule has 0 aromatic heterocycles. The van der Waals surface area contributed by atoms with Gasteiger partial charge in [-0.2, -0.15) is 0 Å². The molecule has 0 aliphatic rings. The standard InChI is InChI=1S/C21H24N2O6/c1-13-6-5-7-16(14(13)2)23-19(24)11-22-20(25)12-29-17-9-8-15(21(26)28-4)10-18(17)27-3/h5-10H,11-12H2,1-4H3,(H,22,25)(H,23,24). The minimum Gasteiger partial charge on any atom is -0.493 e. The number of carbonyl (C=O) groups is 3. The van der Waals surface area contributed by atoms with Crippen LogP contribution in [0.15, 0.2) is 36.4 Å². The summed E-state index contributed by atoms with van der Waals surface area (Å²) >= 11 is 0. The molecule has 2 aromatic carbocycles. The highest BCUT2D eigenvalue weighted by Crippen LogP contribution is 2.28. The number of benzene rings is 2. The molecular formula is C21H24N2O6. The fourth-order valence-corrected chi connectivity index (χ4v) is 2.49. The van der Waals surface area contributed by atoms with Gasteiger partial charge in [-0.3, -0.25) is 9.59 Å². The number of anilines is 1. The van der Waals surface area contributed by atoms with Crippen molar-refractivity contribution in [2.75, 3.05) is 32.7 Å². The Morgan fingerprint density at radius 3 is 2.41 bits per heavy atom. The van der Waals surface area contributed by atoms with Crippen molar-refractivity contribution in [2.24, 2.45) is 0 Å². The lowest BCUT2D eigenvalue weighted by Crippen LogP contribution is -2.35. The van der Waals surface area contributed by atoms with E-state index < -0.39 is 11.9 Å². The number of aryl methyl sites for hydroxylation is 1. The van der Waals surface area contributed by atoms with E-state index in [2.05, 4.69) is 15.4 Å². The van der Waals surface area contributed by atoms with E-state index in [1.165, 1.54) is 32.4 Å². The first-order valence-electron chi connectivity index (χ1n) is 8.87. The second kappa shape index (κ2) is 10.1. The molecule has 0 bridgehead atoms. The molecule has 8 nitrogen and oxygen atoms in total. The SMILES string of the molecule is COC(=O)c1ccc(OCC(=O)NCC(=O)Nc2cccc(C)c2C)c(OC)c1.